The number of rotatable bonds is 13. The number of hydrogen-bond acceptors (Lipinski definition) is 9. The van der Waals surface area contributed by atoms with Gasteiger partial charge in [-0.05, 0) is 29.5 Å². The van der Waals surface area contributed by atoms with Crippen molar-refractivity contribution in [2.45, 2.75) is 63.1 Å². The molecule has 4 rings (SSSR count). The van der Waals surface area contributed by atoms with Crippen molar-refractivity contribution in [1.82, 2.24) is 5.32 Å². The number of amides is 1. The normalized spacial score (nSPS) is 23.0. The SMILES string of the molecule is CC(C[C@@H](Cc1ccc(-c2ccccc2)cc1)NC(=O)CCC(=O)O)C(=O)O[C@H]1COC2C(O[N+](=O)[O-])CO[C@@H]21. The van der Waals surface area contributed by atoms with E-state index >= 15 is 0 Å². The van der Waals surface area contributed by atoms with Crippen LogP contribution in [0, 0.1) is 16.0 Å². The Labute approximate surface area is 230 Å². The summed E-state index contributed by atoms with van der Waals surface area (Å²) in [7, 11) is 0. The van der Waals surface area contributed by atoms with Gasteiger partial charge < -0.3 is 29.5 Å². The molecule has 12 nitrogen and oxygen atoms in total. The average molecular weight is 557 g/mol. The number of carbonyl (C=O) groups is 3. The Morgan fingerprint density at radius 3 is 2.27 bits per heavy atom. The van der Waals surface area contributed by atoms with Crippen molar-refractivity contribution in [3.8, 4) is 11.1 Å². The maximum atomic E-state index is 13.0. The van der Waals surface area contributed by atoms with E-state index in [-0.39, 0.29) is 32.5 Å². The third kappa shape index (κ3) is 7.76. The van der Waals surface area contributed by atoms with E-state index < -0.39 is 59.3 Å². The number of nitrogens with one attached hydrogen (secondary N) is 1. The number of carbonyl (C=O) groups excluding carboxylic acids is 2. The molecule has 2 heterocycles. The van der Waals surface area contributed by atoms with Gasteiger partial charge in [0.25, 0.3) is 5.09 Å². The topological polar surface area (TPSA) is 164 Å². The molecule has 2 fully saturated rings. The summed E-state index contributed by atoms with van der Waals surface area (Å²) in [5.74, 6) is -2.64. The van der Waals surface area contributed by atoms with Crippen LogP contribution in [0.4, 0.5) is 0 Å². The van der Waals surface area contributed by atoms with Crippen molar-refractivity contribution in [3.05, 3.63) is 70.3 Å². The zero-order valence-corrected chi connectivity index (χ0v) is 22.0. The molecule has 0 radical (unpaired) electrons. The molecule has 2 saturated heterocycles. The van der Waals surface area contributed by atoms with Gasteiger partial charge in [-0.15, -0.1) is 10.1 Å². The highest BCUT2D eigenvalue weighted by atomic mass is 17.0. The maximum Gasteiger partial charge on any atom is 0.309 e. The van der Waals surface area contributed by atoms with Gasteiger partial charge in [0.1, 0.15) is 12.2 Å². The fourth-order valence-corrected chi connectivity index (χ4v) is 4.98. The number of hydrogen-bond donors (Lipinski definition) is 2. The van der Waals surface area contributed by atoms with E-state index in [9.17, 15) is 24.5 Å². The Hall–Kier alpha value is -4.03. The van der Waals surface area contributed by atoms with Gasteiger partial charge in [-0.2, -0.15) is 0 Å². The number of esters is 1. The molecule has 12 heteroatoms. The van der Waals surface area contributed by atoms with E-state index in [2.05, 4.69) is 10.2 Å². The second-order valence-electron chi connectivity index (χ2n) is 10.0. The molecule has 6 atom stereocenters. The molecule has 0 aromatic heterocycles. The van der Waals surface area contributed by atoms with Crippen LogP contribution in [0.1, 0.15) is 31.7 Å². The highest BCUT2D eigenvalue weighted by Crippen LogP contribution is 2.31. The van der Waals surface area contributed by atoms with Crippen molar-refractivity contribution in [2.24, 2.45) is 5.92 Å². The number of nitrogens with zero attached hydrogens (tertiary/aromatic N) is 1. The van der Waals surface area contributed by atoms with Crippen LogP contribution in [-0.4, -0.2) is 71.7 Å². The first kappa shape index (κ1) is 29.0. The predicted octanol–water partition coefficient (Wildman–Crippen LogP) is 2.56. The van der Waals surface area contributed by atoms with Crippen LogP contribution >= 0.6 is 0 Å². The minimum Gasteiger partial charge on any atom is -0.481 e. The summed E-state index contributed by atoms with van der Waals surface area (Å²) >= 11 is 0. The highest BCUT2D eigenvalue weighted by Gasteiger charge is 2.51. The molecule has 3 unspecified atom stereocenters. The summed E-state index contributed by atoms with van der Waals surface area (Å²) in [6.45, 7) is 1.65. The molecule has 2 aliphatic heterocycles. The fourth-order valence-electron chi connectivity index (χ4n) is 4.98. The highest BCUT2D eigenvalue weighted by molar-refractivity contribution is 5.81. The first-order chi connectivity index (χ1) is 19.2. The summed E-state index contributed by atoms with van der Waals surface area (Å²) in [5.41, 5.74) is 3.05. The summed E-state index contributed by atoms with van der Waals surface area (Å²) in [4.78, 5) is 51.6. The number of aliphatic carboxylic acids is 1. The first-order valence-electron chi connectivity index (χ1n) is 13.1. The molecule has 2 aromatic rings. The Kier molecular flexibility index (Phi) is 9.67. The molecule has 0 bridgehead atoms. The minimum absolute atomic E-state index is 0.0223. The molecule has 0 aliphatic carbocycles. The van der Waals surface area contributed by atoms with Crippen LogP contribution < -0.4 is 5.32 Å². The van der Waals surface area contributed by atoms with Crippen LogP contribution in [0.2, 0.25) is 0 Å². The predicted molar refractivity (Wildman–Crippen MR) is 139 cm³/mol. The number of fused-ring (bicyclic) bond motifs is 1. The van der Waals surface area contributed by atoms with Crippen molar-refractivity contribution in [2.75, 3.05) is 13.2 Å². The van der Waals surface area contributed by atoms with E-state index in [1.165, 1.54) is 0 Å². The third-order valence-corrected chi connectivity index (χ3v) is 6.97. The van der Waals surface area contributed by atoms with Crippen LogP contribution in [-0.2, 0) is 39.9 Å². The maximum absolute atomic E-state index is 13.0. The third-order valence-electron chi connectivity index (χ3n) is 6.97. The van der Waals surface area contributed by atoms with E-state index in [4.69, 9.17) is 19.3 Å². The lowest BCUT2D eigenvalue weighted by molar-refractivity contribution is -0.769. The van der Waals surface area contributed by atoms with Gasteiger partial charge in [-0.25, -0.2) is 0 Å². The first-order valence-corrected chi connectivity index (χ1v) is 13.1. The molecule has 0 spiro atoms. The Bertz CT molecular complexity index is 1190. The van der Waals surface area contributed by atoms with Gasteiger partial charge >= 0.3 is 11.9 Å². The van der Waals surface area contributed by atoms with Gasteiger partial charge in [0.15, 0.2) is 12.2 Å². The second kappa shape index (κ2) is 13.4. The fraction of sp³-hybridized carbons (Fsp3) is 0.464. The largest absolute Gasteiger partial charge is 0.481 e. The summed E-state index contributed by atoms with van der Waals surface area (Å²) in [6.07, 6.45) is -2.82. The molecule has 2 N–H and O–H groups in total. The van der Waals surface area contributed by atoms with Crippen molar-refractivity contribution >= 4 is 17.8 Å². The summed E-state index contributed by atoms with van der Waals surface area (Å²) in [6, 6.07) is 17.3. The van der Waals surface area contributed by atoms with Gasteiger partial charge in [0.05, 0.1) is 25.6 Å². The van der Waals surface area contributed by atoms with Crippen LogP contribution in [0.3, 0.4) is 0 Å². The molecule has 2 aliphatic rings. The van der Waals surface area contributed by atoms with Gasteiger partial charge in [0.2, 0.25) is 5.91 Å². The van der Waals surface area contributed by atoms with E-state index in [1.807, 2.05) is 54.6 Å². The zero-order valence-electron chi connectivity index (χ0n) is 22.0. The zero-order chi connectivity index (χ0) is 28.6. The van der Waals surface area contributed by atoms with E-state index in [1.54, 1.807) is 6.92 Å². The standard InChI is InChI=1S/C28H32N2O10/c1-17(28(34)39-22-15-37-27-23(40-30(35)36)16-38-26(22)27)13-21(29-24(31)11-12-25(32)33)14-18-7-9-20(10-8-18)19-5-3-2-4-6-19/h2-10,17,21-23,26-27H,11-16H2,1H3,(H,29,31)(H,32,33)/t17?,21-,22-,23?,26+,27?/m0/s1. The number of benzene rings is 2. The van der Waals surface area contributed by atoms with Crippen molar-refractivity contribution < 1.29 is 43.6 Å². The lowest BCUT2D eigenvalue weighted by atomic mass is 9.94. The molecule has 2 aromatic carbocycles. The Morgan fingerprint density at radius 2 is 1.62 bits per heavy atom. The average Bonchev–Trinajstić information content (AvgIpc) is 3.51. The van der Waals surface area contributed by atoms with Crippen LogP contribution in [0.25, 0.3) is 11.1 Å². The lowest BCUT2D eigenvalue weighted by Crippen LogP contribution is -2.40. The van der Waals surface area contributed by atoms with Crippen molar-refractivity contribution in [1.29, 1.82) is 0 Å². The minimum atomic E-state index is -1.07. The summed E-state index contributed by atoms with van der Waals surface area (Å²) < 4.78 is 16.7. The monoisotopic (exact) mass is 556 g/mol. The molecular formula is C28H32N2O10. The smallest absolute Gasteiger partial charge is 0.309 e. The lowest BCUT2D eigenvalue weighted by Gasteiger charge is -2.24. The van der Waals surface area contributed by atoms with Gasteiger partial charge in [-0.1, -0.05) is 61.5 Å². The second-order valence-corrected chi connectivity index (χ2v) is 10.0. The molecule has 214 valence electrons. The number of ether oxygens (including phenoxy) is 3. The van der Waals surface area contributed by atoms with E-state index in [0.717, 1.165) is 16.7 Å². The molecule has 1 amide bonds. The Balaban J connectivity index is 1.37. The molecule has 0 saturated carbocycles. The van der Waals surface area contributed by atoms with Gasteiger partial charge in [-0.3, -0.25) is 14.4 Å². The van der Waals surface area contributed by atoms with Crippen LogP contribution in [0.5, 0.6) is 0 Å². The number of carboxylic acid groups (broad SMARTS) is 1. The van der Waals surface area contributed by atoms with Crippen molar-refractivity contribution in [3.63, 3.8) is 0 Å². The summed E-state index contributed by atoms with van der Waals surface area (Å²) in [5, 5.41) is 21.6. The number of carboxylic acids is 1. The Morgan fingerprint density at radius 1 is 1.00 bits per heavy atom. The quantitative estimate of drug-likeness (QED) is 0.213. The molecular weight excluding hydrogens is 524 g/mol. The van der Waals surface area contributed by atoms with E-state index in [0.29, 0.717) is 6.42 Å². The molecule has 40 heavy (non-hydrogen) atoms. The van der Waals surface area contributed by atoms with Gasteiger partial charge in [0, 0.05) is 12.5 Å². The van der Waals surface area contributed by atoms with Crippen LogP contribution in [0.15, 0.2) is 54.6 Å².